The number of nitrogens with one attached hydrogen (secondary N) is 1. The lowest BCUT2D eigenvalue weighted by atomic mass is 10.1. The Balaban J connectivity index is 2.13. The van der Waals surface area contributed by atoms with Crippen LogP contribution in [0.25, 0.3) is 0 Å². The number of benzene rings is 2. The van der Waals surface area contributed by atoms with Crippen molar-refractivity contribution in [1.29, 1.82) is 0 Å². The molecule has 0 aliphatic carbocycles. The van der Waals surface area contributed by atoms with Crippen molar-refractivity contribution >= 4 is 11.6 Å². The fourth-order valence-corrected chi connectivity index (χ4v) is 2.00. The molecule has 0 atom stereocenters. The summed E-state index contributed by atoms with van der Waals surface area (Å²) in [7, 11) is 1.65. The Hall–Kier alpha value is -2.13. The van der Waals surface area contributed by atoms with Crippen LogP contribution < -0.4 is 5.32 Å². The summed E-state index contributed by atoms with van der Waals surface area (Å²) >= 11 is 0. The first kappa shape index (κ1) is 14.3. The Bertz CT molecular complexity index is 603. The smallest absolute Gasteiger partial charge is 0.255 e. The molecule has 2 aromatic carbocycles. The summed E-state index contributed by atoms with van der Waals surface area (Å²) in [4.78, 5) is 12.2. The Morgan fingerprint density at radius 1 is 1.10 bits per heavy atom. The summed E-state index contributed by atoms with van der Waals surface area (Å²) in [5.74, 6) is -0.0948. The van der Waals surface area contributed by atoms with Crippen LogP contribution in [0.1, 0.15) is 27.0 Å². The third-order valence-corrected chi connectivity index (χ3v) is 3.38. The number of ether oxygens (including phenoxy) is 1. The molecule has 20 heavy (non-hydrogen) atoms. The quantitative estimate of drug-likeness (QED) is 0.919. The molecule has 0 fully saturated rings. The number of anilines is 1. The zero-order valence-electron chi connectivity index (χ0n) is 12.1. The van der Waals surface area contributed by atoms with Gasteiger partial charge in [0.15, 0.2) is 0 Å². The molecule has 2 rings (SSSR count). The summed E-state index contributed by atoms with van der Waals surface area (Å²) in [6, 6.07) is 13.3. The van der Waals surface area contributed by atoms with Crippen molar-refractivity contribution in [2.45, 2.75) is 20.5 Å². The minimum Gasteiger partial charge on any atom is -0.380 e. The average Bonchev–Trinajstić information content (AvgIpc) is 2.45. The van der Waals surface area contributed by atoms with Gasteiger partial charge >= 0.3 is 0 Å². The van der Waals surface area contributed by atoms with Gasteiger partial charge in [0.05, 0.1) is 6.61 Å². The molecule has 2 aromatic rings. The first-order chi connectivity index (χ1) is 9.61. The standard InChI is InChI=1S/C17H19NO2/c1-12-5-4-6-16(13(12)2)18-17(19)15-9-7-14(8-10-15)11-20-3/h4-10H,11H2,1-3H3,(H,18,19). The second-order valence-corrected chi connectivity index (χ2v) is 4.83. The maximum absolute atomic E-state index is 12.2. The zero-order valence-corrected chi connectivity index (χ0v) is 12.1. The first-order valence-electron chi connectivity index (χ1n) is 6.57. The molecule has 0 unspecified atom stereocenters. The molecule has 3 nitrogen and oxygen atoms in total. The number of amides is 1. The highest BCUT2D eigenvalue weighted by atomic mass is 16.5. The lowest BCUT2D eigenvalue weighted by Gasteiger charge is -2.10. The highest BCUT2D eigenvalue weighted by Crippen LogP contribution is 2.19. The average molecular weight is 269 g/mol. The second kappa shape index (κ2) is 6.35. The number of hydrogen-bond acceptors (Lipinski definition) is 2. The number of methoxy groups -OCH3 is 1. The molecule has 0 aliphatic rings. The highest BCUT2D eigenvalue weighted by Gasteiger charge is 2.08. The minimum atomic E-state index is -0.0948. The molecular formula is C17H19NO2. The van der Waals surface area contributed by atoms with Crippen LogP contribution >= 0.6 is 0 Å². The normalized spacial score (nSPS) is 10.3. The second-order valence-electron chi connectivity index (χ2n) is 4.83. The molecule has 0 heterocycles. The van der Waals surface area contributed by atoms with Gasteiger partial charge in [-0.3, -0.25) is 4.79 Å². The van der Waals surface area contributed by atoms with E-state index in [2.05, 4.69) is 5.32 Å². The topological polar surface area (TPSA) is 38.3 Å². The van der Waals surface area contributed by atoms with Gasteiger partial charge in [-0.15, -0.1) is 0 Å². The van der Waals surface area contributed by atoms with E-state index in [-0.39, 0.29) is 5.91 Å². The summed E-state index contributed by atoms with van der Waals surface area (Å²) in [5.41, 5.74) is 4.81. The molecule has 0 radical (unpaired) electrons. The number of aryl methyl sites for hydroxylation is 1. The molecule has 0 spiro atoms. The van der Waals surface area contributed by atoms with E-state index in [4.69, 9.17) is 4.74 Å². The van der Waals surface area contributed by atoms with Crippen molar-refractivity contribution in [2.24, 2.45) is 0 Å². The van der Waals surface area contributed by atoms with Gasteiger partial charge in [0.1, 0.15) is 0 Å². The molecule has 0 aromatic heterocycles. The molecule has 104 valence electrons. The highest BCUT2D eigenvalue weighted by molar-refractivity contribution is 6.04. The van der Waals surface area contributed by atoms with Crippen molar-refractivity contribution in [3.05, 3.63) is 64.7 Å². The Morgan fingerprint density at radius 3 is 2.45 bits per heavy atom. The number of rotatable bonds is 4. The molecule has 0 aliphatic heterocycles. The predicted octanol–water partition coefficient (Wildman–Crippen LogP) is 3.70. The van der Waals surface area contributed by atoms with Crippen LogP contribution in [0, 0.1) is 13.8 Å². The van der Waals surface area contributed by atoms with Crippen LogP contribution in [0.15, 0.2) is 42.5 Å². The van der Waals surface area contributed by atoms with E-state index in [0.29, 0.717) is 12.2 Å². The molecule has 0 bridgehead atoms. The van der Waals surface area contributed by atoms with E-state index >= 15 is 0 Å². The molecule has 0 saturated carbocycles. The van der Waals surface area contributed by atoms with Crippen LogP contribution in [0.3, 0.4) is 0 Å². The largest absolute Gasteiger partial charge is 0.380 e. The molecule has 0 saturated heterocycles. The van der Waals surface area contributed by atoms with E-state index in [1.54, 1.807) is 7.11 Å². The number of carbonyl (C=O) groups excluding carboxylic acids is 1. The van der Waals surface area contributed by atoms with Gasteiger partial charge in [-0.05, 0) is 48.7 Å². The van der Waals surface area contributed by atoms with Crippen molar-refractivity contribution in [3.63, 3.8) is 0 Å². The summed E-state index contributed by atoms with van der Waals surface area (Å²) in [5, 5.41) is 2.95. The van der Waals surface area contributed by atoms with E-state index in [0.717, 1.165) is 16.8 Å². The van der Waals surface area contributed by atoms with Gasteiger partial charge in [0.2, 0.25) is 0 Å². The van der Waals surface area contributed by atoms with E-state index in [9.17, 15) is 4.79 Å². The van der Waals surface area contributed by atoms with Gasteiger partial charge in [0.25, 0.3) is 5.91 Å². The van der Waals surface area contributed by atoms with Gasteiger partial charge in [-0.1, -0.05) is 24.3 Å². The van der Waals surface area contributed by atoms with Gasteiger partial charge in [-0.25, -0.2) is 0 Å². The van der Waals surface area contributed by atoms with Crippen LogP contribution in [-0.4, -0.2) is 13.0 Å². The van der Waals surface area contributed by atoms with Crippen LogP contribution in [-0.2, 0) is 11.3 Å². The summed E-state index contributed by atoms with van der Waals surface area (Å²) in [6.45, 7) is 4.59. The third kappa shape index (κ3) is 3.25. The summed E-state index contributed by atoms with van der Waals surface area (Å²) in [6.07, 6.45) is 0. The van der Waals surface area contributed by atoms with Crippen molar-refractivity contribution in [3.8, 4) is 0 Å². The predicted molar refractivity (Wildman–Crippen MR) is 81.0 cm³/mol. The minimum absolute atomic E-state index is 0.0948. The zero-order chi connectivity index (χ0) is 14.5. The molecule has 1 amide bonds. The lowest BCUT2D eigenvalue weighted by molar-refractivity contribution is 0.102. The maximum atomic E-state index is 12.2. The van der Waals surface area contributed by atoms with E-state index in [1.807, 2.05) is 56.3 Å². The molecule has 1 N–H and O–H groups in total. The SMILES string of the molecule is COCc1ccc(C(=O)Nc2cccc(C)c2C)cc1. The van der Waals surface area contributed by atoms with Crippen LogP contribution in [0.4, 0.5) is 5.69 Å². The Morgan fingerprint density at radius 2 is 1.80 bits per heavy atom. The number of carbonyl (C=O) groups is 1. The summed E-state index contributed by atoms with van der Waals surface area (Å²) < 4.78 is 5.05. The van der Waals surface area contributed by atoms with E-state index < -0.39 is 0 Å². The molecular weight excluding hydrogens is 250 g/mol. The van der Waals surface area contributed by atoms with Gasteiger partial charge < -0.3 is 10.1 Å². The van der Waals surface area contributed by atoms with Crippen LogP contribution in [0.5, 0.6) is 0 Å². The van der Waals surface area contributed by atoms with Crippen molar-refractivity contribution < 1.29 is 9.53 Å². The lowest BCUT2D eigenvalue weighted by Crippen LogP contribution is -2.13. The van der Waals surface area contributed by atoms with Crippen LogP contribution in [0.2, 0.25) is 0 Å². The Kier molecular flexibility index (Phi) is 4.53. The Labute approximate surface area is 119 Å². The van der Waals surface area contributed by atoms with Gasteiger partial charge in [-0.2, -0.15) is 0 Å². The maximum Gasteiger partial charge on any atom is 0.255 e. The molecule has 3 heteroatoms. The fraction of sp³-hybridized carbons (Fsp3) is 0.235. The monoisotopic (exact) mass is 269 g/mol. The first-order valence-corrected chi connectivity index (χ1v) is 6.57. The third-order valence-electron chi connectivity index (χ3n) is 3.38. The fourth-order valence-electron chi connectivity index (χ4n) is 2.00. The number of hydrogen-bond donors (Lipinski definition) is 1. The van der Waals surface area contributed by atoms with Gasteiger partial charge in [0, 0.05) is 18.4 Å². The van der Waals surface area contributed by atoms with Crippen molar-refractivity contribution in [1.82, 2.24) is 0 Å². The van der Waals surface area contributed by atoms with Crippen molar-refractivity contribution in [2.75, 3.05) is 12.4 Å². The van der Waals surface area contributed by atoms with E-state index in [1.165, 1.54) is 5.56 Å².